The zero-order chi connectivity index (χ0) is 23.3. The van der Waals surface area contributed by atoms with E-state index in [1.807, 2.05) is 0 Å². The van der Waals surface area contributed by atoms with Gasteiger partial charge in [-0.2, -0.15) is 0 Å². The van der Waals surface area contributed by atoms with E-state index in [1.165, 1.54) is 81.0 Å². The first-order valence-electron chi connectivity index (χ1n) is 12.9. The van der Waals surface area contributed by atoms with Gasteiger partial charge in [-0.25, -0.2) is 0 Å². The molecule has 0 N–H and O–H groups in total. The van der Waals surface area contributed by atoms with E-state index in [4.69, 9.17) is 0 Å². The number of allylic oxidation sites excluding steroid dienone is 3. The van der Waals surface area contributed by atoms with E-state index in [1.54, 1.807) is 11.1 Å². The van der Waals surface area contributed by atoms with Crippen LogP contribution in [0.5, 0.6) is 0 Å². The van der Waals surface area contributed by atoms with Gasteiger partial charge in [0.2, 0.25) is 0 Å². The minimum atomic E-state index is -0.223. The quantitative estimate of drug-likeness (QED) is 0.241. The molecule has 1 aliphatic heterocycles. The Labute approximate surface area is 206 Å². The van der Waals surface area contributed by atoms with Gasteiger partial charge in [-0.3, -0.25) is 0 Å². The van der Waals surface area contributed by atoms with Crippen molar-refractivity contribution in [3.8, 4) is 5.69 Å². The van der Waals surface area contributed by atoms with Gasteiger partial charge in [0.15, 0.2) is 0 Å². The molecule has 35 heavy (non-hydrogen) atoms. The van der Waals surface area contributed by atoms with Gasteiger partial charge in [-0.05, 0) is 83.7 Å². The molecule has 4 aromatic carbocycles. The van der Waals surface area contributed by atoms with Crippen LogP contribution in [0.1, 0.15) is 60.4 Å². The van der Waals surface area contributed by atoms with E-state index in [0.29, 0.717) is 0 Å². The van der Waals surface area contributed by atoms with E-state index >= 15 is 0 Å². The largest absolute Gasteiger partial charge is 0.309 e. The molecule has 168 valence electrons. The minimum Gasteiger partial charge on any atom is -0.309 e. The van der Waals surface area contributed by atoms with Crippen molar-refractivity contribution >= 4 is 33.0 Å². The first kappa shape index (κ1) is 19.5. The molecule has 0 saturated heterocycles. The maximum absolute atomic E-state index is 4.29. The van der Waals surface area contributed by atoms with Crippen molar-refractivity contribution in [2.75, 3.05) is 0 Å². The summed E-state index contributed by atoms with van der Waals surface area (Å²) in [6.07, 6.45) is 4.91. The summed E-state index contributed by atoms with van der Waals surface area (Å²) < 4.78 is 2.54. The Hall–Kier alpha value is -3.84. The summed E-state index contributed by atoms with van der Waals surface area (Å²) in [5.41, 5.74) is 15.1. The Morgan fingerprint density at radius 2 is 1.54 bits per heavy atom. The Morgan fingerprint density at radius 3 is 2.46 bits per heavy atom. The monoisotopic (exact) mass is 449 g/mol. The molecule has 1 heteroatoms. The summed E-state index contributed by atoms with van der Waals surface area (Å²) in [5.74, 6) is 0. The highest BCUT2D eigenvalue weighted by Gasteiger charge is 2.52. The van der Waals surface area contributed by atoms with E-state index in [-0.39, 0.29) is 5.41 Å². The summed E-state index contributed by atoms with van der Waals surface area (Å²) in [6, 6.07) is 32.3. The molecule has 2 heterocycles. The normalized spacial score (nSPS) is 19.8. The summed E-state index contributed by atoms with van der Waals surface area (Å²) in [7, 11) is 0. The number of hydrogen-bond acceptors (Lipinski definition) is 0. The average molecular weight is 450 g/mol. The molecule has 0 radical (unpaired) electrons. The van der Waals surface area contributed by atoms with Crippen molar-refractivity contribution in [3.05, 3.63) is 125 Å². The van der Waals surface area contributed by atoms with Crippen molar-refractivity contribution < 1.29 is 0 Å². The van der Waals surface area contributed by atoms with Gasteiger partial charge in [0.05, 0.1) is 22.1 Å². The van der Waals surface area contributed by atoms with Crippen molar-refractivity contribution in [3.63, 3.8) is 0 Å². The topological polar surface area (TPSA) is 4.93 Å². The Morgan fingerprint density at radius 1 is 0.771 bits per heavy atom. The number of fused-ring (bicyclic) bond motifs is 11. The van der Waals surface area contributed by atoms with Crippen LogP contribution in [0.25, 0.3) is 38.6 Å². The van der Waals surface area contributed by atoms with Crippen molar-refractivity contribution in [2.45, 2.75) is 38.0 Å². The number of aromatic nitrogens is 1. The van der Waals surface area contributed by atoms with Crippen LogP contribution in [0.15, 0.2) is 97.1 Å². The summed E-state index contributed by atoms with van der Waals surface area (Å²) >= 11 is 0. The average Bonchev–Trinajstić information content (AvgIpc) is 3.39. The van der Waals surface area contributed by atoms with Crippen molar-refractivity contribution in [1.29, 1.82) is 0 Å². The third-order valence-corrected chi connectivity index (χ3v) is 8.81. The molecule has 1 aromatic heterocycles. The van der Waals surface area contributed by atoms with E-state index in [9.17, 15) is 0 Å². The minimum absolute atomic E-state index is 0.223. The van der Waals surface area contributed by atoms with Crippen LogP contribution in [-0.2, 0) is 5.41 Å². The predicted molar refractivity (Wildman–Crippen MR) is 147 cm³/mol. The number of nitrogens with zero attached hydrogens (tertiary/aromatic N) is 1. The van der Waals surface area contributed by atoms with Crippen LogP contribution >= 0.6 is 0 Å². The fraction of sp³-hybridized carbons (Fsp3) is 0.176. The second-order valence-corrected chi connectivity index (χ2v) is 10.5. The van der Waals surface area contributed by atoms with E-state index < -0.39 is 0 Å². The highest BCUT2D eigenvalue weighted by atomic mass is 15.0. The second-order valence-electron chi connectivity index (χ2n) is 10.5. The molecule has 1 unspecified atom stereocenters. The Bertz CT molecular complexity index is 1780. The van der Waals surface area contributed by atoms with Crippen LogP contribution in [0.4, 0.5) is 0 Å². The van der Waals surface area contributed by atoms with Crippen molar-refractivity contribution in [1.82, 2.24) is 4.57 Å². The highest BCUT2D eigenvalue weighted by Crippen LogP contribution is 2.62. The summed E-state index contributed by atoms with van der Waals surface area (Å²) in [4.78, 5) is 0. The molecule has 1 spiro atoms. The zero-order valence-electron chi connectivity index (χ0n) is 20.1. The number of hydrogen-bond donors (Lipinski definition) is 0. The third-order valence-electron chi connectivity index (χ3n) is 8.81. The molecule has 5 aromatic rings. The van der Waals surface area contributed by atoms with Crippen LogP contribution in [-0.4, -0.2) is 4.57 Å². The van der Waals surface area contributed by atoms with Crippen LogP contribution in [0.2, 0.25) is 0 Å². The molecular weight excluding hydrogens is 422 g/mol. The molecule has 0 amide bonds. The van der Waals surface area contributed by atoms with Crippen LogP contribution < -0.4 is 0 Å². The molecule has 2 aliphatic carbocycles. The first-order valence-corrected chi connectivity index (χ1v) is 12.9. The lowest BCUT2D eigenvalue weighted by molar-refractivity contribution is 0.628. The fourth-order valence-corrected chi connectivity index (χ4v) is 7.48. The molecule has 0 bridgehead atoms. The van der Waals surface area contributed by atoms with Gasteiger partial charge in [-0.1, -0.05) is 84.9 Å². The van der Waals surface area contributed by atoms with E-state index in [2.05, 4.69) is 103 Å². The number of para-hydroxylation sites is 2. The third kappa shape index (κ3) is 2.20. The predicted octanol–water partition coefficient (Wildman–Crippen LogP) is 8.81. The molecule has 0 saturated carbocycles. The molecule has 3 aliphatic rings. The lowest BCUT2D eigenvalue weighted by Crippen LogP contribution is -2.35. The Balaban J connectivity index is 1.65. The standard InChI is InChI=1S/C34H27N/c1-21(2)22-18-19-29-32(20-22)35-31-17-8-5-12-25(31)26-13-9-16-30(33(26)35)34(29)27-14-6-3-10-23(27)24-11-4-7-15-28(24)34/h3,5-6,8-10,12-14,16-20H,1,4,7,11,15H2,2H3. The second kappa shape index (κ2) is 6.64. The van der Waals surface area contributed by atoms with Gasteiger partial charge < -0.3 is 4.57 Å². The number of rotatable bonds is 1. The molecule has 0 fully saturated rings. The Kier molecular flexibility index (Phi) is 3.69. The lowest BCUT2D eigenvalue weighted by Gasteiger charge is -2.42. The molecule has 8 rings (SSSR count). The van der Waals surface area contributed by atoms with Gasteiger partial charge in [0.1, 0.15) is 0 Å². The van der Waals surface area contributed by atoms with Gasteiger partial charge in [0, 0.05) is 10.8 Å². The van der Waals surface area contributed by atoms with Crippen molar-refractivity contribution in [2.24, 2.45) is 0 Å². The van der Waals surface area contributed by atoms with Crippen LogP contribution in [0.3, 0.4) is 0 Å². The SMILES string of the molecule is C=C(C)c1ccc2c(c1)-n1c3ccccc3c3cccc(c31)C21C2=C(CCCC2)c2ccccc21. The van der Waals surface area contributed by atoms with Gasteiger partial charge in [-0.15, -0.1) is 0 Å². The highest BCUT2D eigenvalue weighted by molar-refractivity contribution is 6.12. The maximum Gasteiger partial charge on any atom is 0.0714 e. The zero-order valence-corrected chi connectivity index (χ0v) is 20.1. The smallest absolute Gasteiger partial charge is 0.0714 e. The molecule has 1 nitrogen and oxygen atoms in total. The summed E-state index contributed by atoms with van der Waals surface area (Å²) in [6.45, 7) is 6.40. The van der Waals surface area contributed by atoms with E-state index in [0.717, 1.165) is 5.57 Å². The number of benzene rings is 4. The van der Waals surface area contributed by atoms with Crippen LogP contribution in [0, 0.1) is 0 Å². The summed E-state index contributed by atoms with van der Waals surface area (Å²) in [5, 5.41) is 2.68. The molecular formula is C34H27N. The lowest BCUT2D eigenvalue weighted by atomic mass is 9.63. The van der Waals surface area contributed by atoms with Gasteiger partial charge >= 0.3 is 0 Å². The maximum atomic E-state index is 4.29. The van der Waals surface area contributed by atoms with Gasteiger partial charge in [0.25, 0.3) is 0 Å². The molecule has 1 atom stereocenters. The first-order chi connectivity index (χ1) is 17.2. The fourth-order valence-electron chi connectivity index (χ4n) is 7.48.